The maximum atomic E-state index is 12.3. The Labute approximate surface area is 139 Å². The van der Waals surface area contributed by atoms with Gasteiger partial charge in [0, 0.05) is 26.3 Å². The highest BCUT2D eigenvalue weighted by atomic mass is 127. The van der Waals surface area contributed by atoms with Gasteiger partial charge >= 0.3 is 0 Å². The van der Waals surface area contributed by atoms with Crippen molar-refractivity contribution in [2.75, 3.05) is 11.6 Å². The fraction of sp³-hybridized carbons (Fsp3) is 0.0714. The number of benzene rings is 2. The van der Waals surface area contributed by atoms with Gasteiger partial charge in [0.25, 0.3) is 11.6 Å². The summed E-state index contributed by atoms with van der Waals surface area (Å²) in [6, 6.07) is 11.7. The standard InChI is InChI=1S/C14H11IN2O3S/c1-21-11-4-2-3-9(7-11)16-14(18)12-8-10(17(19)20)5-6-13(12)15/h2-8H,1H3,(H,16,18). The highest BCUT2D eigenvalue weighted by Gasteiger charge is 2.15. The average molecular weight is 414 g/mol. The Bertz CT molecular complexity index is 706. The van der Waals surface area contributed by atoms with E-state index in [0.717, 1.165) is 4.90 Å². The predicted octanol–water partition coefficient (Wildman–Crippen LogP) is 4.17. The second-order valence-corrected chi connectivity index (χ2v) is 6.15. The number of hydrogen-bond donors (Lipinski definition) is 1. The van der Waals surface area contributed by atoms with Crippen molar-refractivity contribution in [2.45, 2.75) is 4.90 Å². The van der Waals surface area contributed by atoms with Crippen molar-refractivity contribution < 1.29 is 9.72 Å². The van der Waals surface area contributed by atoms with Crippen LogP contribution in [0.3, 0.4) is 0 Å². The Hall–Kier alpha value is -1.61. The Kier molecular flexibility index (Phi) is 5.18. The Balaban J connectivity index is 2.27. The number of carbonyl (C=O) groups is 1. The number of nitrogens with zero attached hydrogens (tertiary/aromatic N) is 1. The van der Waals surface area contributed by atoms with Gasteiger partial charge in [-0.15, -0.1) is 11.8 Å². The van der Waals surface area contributed by atoms with Gasteiger partial charge in [-0.25, -0.2) is 0 Å². The van der Waals surface area contributed by atoms with Gasteiger partial charge in [-0.1, -0.05) is 6.07 Å². The van der Waals surface area contributed by atoms with Crippen molar-refractivity contribution >= 4 is 51.6 Å². The molecule has 0 bridgehead atoms. The van der Waals surface area contributed by atoms with Crippen LogP contribution in [0.1, 0.15) is 10.4 Å². The van der Waals surface area contributed by atoms with E-state index in [2.05, 4.69) is 5.32 Å². The quantitative estimate of drug-likeness (QED) is 0.353. The largest absolute Gasteiger partial charge is 0.322 e. The SMILES string of the molecule is CSc1cccc(NC(=O)c2cc([N+](=O)[O-])ccc2I)c1. The molecule has 1 amide bonds. The van der Waals surface area contributed by atoms with Crippen LogP contribution in [0, 0.1) is 13.7 Å². The van der Waals surface area contributed by atoms with E-state index < -0.39 is 4.92 Å². The third-order valence-corrected chi connectivity index (χ3v) is 4.40. The minimum atomic E-state index is -0.513. The predicted molar refractivity (Wildman–Crippen MR) is 92.0 cm³/mol. The first-order valence-corrected chi connectivity index (χ1v) is 8.21. The van der Waals surface area contributed by atoms with Crippen LogP contribution in [0.15, 0.2) is 47.4 Å². The molecule has 0 aliphatic carbocycles. The summed E-state index contributed by atoms with van der Waals surface area (Å²) in [4.78, 5) is 23.6. The van der Waals surface area contributed by atoms with Crippen LogP contribution in [0.4, 0.5) is 11.4 Å². The van der Waals surface area contributed by atoms with Crippen molar-refractivity contribution in [3.05, 3.63) is 61.7 Å². The van der Waals surface area contributed by atoms with Gasteiger partial charge in [0.05, 0.1) is 10.5 Å². The zero-order valence-electron chi connectivity index (χ0n) is 11.0. The lowest BCUT2D eigenvalue weighted by molar-refractivity contribution is -0.384. The van der Waals surface area contributed by atoms with Crippen molar-refractivity contribution in [3.8, 4) is 0 Å². The molecule has 7 heteroatoms. The number of non-ortho nitro benzene ring substituents is 1. The lowest BCUT2D eigenvalue weighted by Crippen LogP contribution is -2.13. The molecule has 0 saturated carbocycles. The maximum absolute atomic E-state index is 12.3. The van der Waals surface area contributed by atoms with E-state index in [1.807, 2.05) is 47.0 Å². The monoisotopic (exact) mass is 414 g/mol. The van der Waals surface area contributed by atoms with Crippen LogP contribution in [-0.2, 0) is 0 Å². The number of nitro groups is 1. The number of nitro benzene ring substituents is 1. The van der Waals surface area contributed by atoms with E-state index in [0.29, 0.717) is 14.8 Å². The van der Waals surface area contributed by atoms with Gasteiger partial charge in [0.2, 0.25) is 0 Å². The fourth-order valence-electron chi connectivity index (χ4n) is 1.70. The minimum Gasteiger partial charge on any atom is -0.322 e. The summed E-state index contributed by atoms with van der Waals surface area (Å²) >= 11 is 3.56. The van der Waals surface area contributed by atoms with Crippen LogP contribution < -0.4 is 5.32 Å². The van der Waals surface area contributed by atoms with Gasteiger partial charge in [-0.3, -0.25) is 14.9 Å². The maximum Gasteiger partial charge on any atom is 0.270 e. The van der Waals surface area contributed by atoms with Crippen molar-refractivity contribution in [1.82, 2.24) is 0 Å². The summed E-state index contributed by atoms with van der Waals surface area (Å²) in [6.45, 7) is 0. The zero-order chi connectivity index (χ0) is 15.4. The minimum absolute atomic E-state index is 0.0987. The molecule has 0 fully saturated rings. The van der Waals surface area contributed by atoms with Crippen LogP contribution >= 0.6 is 34.4 Å². The van der Waals surface area contributed by atoms with Crippen LogP contribution in [0.2, 0.25) is 0 Å². The number of nitrogens with one attached hydrogen (secondary N) is 1. The number of halogens is 1. The summed E-state index contributed by atoms with van der Waals surface area (Å²) in [7, 11) is 0. The smallest absolute Gasteiger partial charge is 0.270 e. The van der Waals surface area contributed by atoms with Crippen molar-refractivity contribution in [1.29, 1.82) is 0 Å². The second-order valence-electron chi connectivity index (χ2n) is 4.11. The van der Waals surface area contributed by atoms with Gasteiger partial charge < -0.3 is 5.32 Å². The summed E-state index contributed by atoms with van der Waals surface area (Å²) in [5.74, 6) is -0.360. The Morgan fingerprint density at radius 3 is 2.71 bits per heavy atom. The fourth-order valence-corrected chi connectivity index (χ4v) is 2.74. The van der Waals surface area contributed by atoms with Gasteiger partial charge in [0.1, 0.15) is 0 Å². The summed E-state index contributed by atoms with van der Waals surface area (Å²) in [6.07, 6.45) is 1.95. The van der Waals surface area contributed by atoms with Gasteiger partial charge in [0.15, 0.2) is 0 Å². The topological polar surface area (TPSA) is 72.2 Å². The molecule has 0 saturated heterocycles. The molecule has 0 unspecified atom stereocenters. The van der Waals surface area contributed by atoms with E-state index in [9.17, 15) is 14.9 Å². The Morgan fingerprint density at radius 1 is 1.29 bits per heavy atom. The molecule has 0 aliphatic rings. The molecule has 2 rings (SSSR count). The molecular formula is C14H11IN2O3S. The van der Waals surface area contributed by atoms with E-state index in [-0.39, 0.29) is 11.6 Å². The second kappa shape index (κ2) is 6.90. The van der Waals surface area contributed by atoms with Crippen LogP contribution in [0.5, 0.6) is 0 Å². The molecule has 5 nitrogen and oxygen atoms in total. The number of rotatable bonds is 4. The third-order valence-electron chi connectivity index (χ3n) is 2.73. The third kappa shape index (κ3) is 3.94. The van der Waals surface area contributed by atoms with Gasteiger partial charge in [-0.05, 0) is 53.1 Å². The number of anilines is 1. The average Bonchev–Trinajstić information content (AvgIpc) is 2.47. The molecule has 0 radical (unpaired) electrons. The van der Waals surface area contributed by atoms with Crippen molar-refractivity contribution in [2.24, 2.45) is 0 Å². The first-order chi connectivity index (χ1) is 10.0. The molecule has 0 spiro atoms. The van der Waals surface area contributed by atoms with Crippen LogP contribution in [0.25, 0.3) is 0 Å². The van der Waals surface area contributed by atoms with E-state index in [1.54, 1.807) is 23.9 Å². The molecule has 2 aromatic rings. The molecule has 0 aliphatic heterocycles. The molecule has 2 aromatic carbocycles. The number of carbonyl (C=O) groups excluding carboxylic acids is 1. The summed E-state index contributed by atoms with van der Waals surface area (Å²) < 4.78 is 0.664. The number of thioether (sulfide) groups is 1. The van der Waals surface area contributed by atoms with E-state index >= 15 is 0 Å². The summed E-state index contributed by atoms with van der Waals surface area (Å²) in [5.41, 5.74) is 0.854. The number of amides is 1. The highest BCUT2D eigenvalue weighted by molar-refractivity contribution is 14.1. The molecule has 108 valence electrons. The van der Waals surface area contributed by atoms with Crippen molar-refractivity contribution in [3.63, 3.8) is 0 Å². The molecule has 21 heavy (non-hydrogen) atoms. The first-order valence-electron chi connectivity index (χ1n) is 5.90. The molecule has 1 N–H and O–H groups in total. The lowest BCUT2D eigenvalue weighted by Gasteiger charge is -2.08. The molecular weight excluding hydrogens is 403 g/mol. The Morgan fingerprint density at radius 2 is 2.05 bits per heavy atom. The number of hydrogen-bond acceptors (Lipinski definition) is 4. The highest BCUT2D eigenvalue weighted by Crippen LogP contribution is 2.22. The summed E-state index contributed by atoms with van der Waals surface area (Å²) in [5, 5.41) is 13.6. The van der Waals surface area contributed by atoms with E-state index in [4.69, 9.17) is 0 Å². The molecule has 0 aromatic heterocycles. The molecule has 0 heterocycles. The molecule has 0 atom stereocenters. The first kappa shape index (κ1) is 15.8. The normalized spacial score (nSPS) is 10.2. The lowest BCUT2D eigenvalue weighted by atomic mass is 10.2. The zero-order valence-corrected chi connectivity index (χ0v) is 14.0. The van der Waals surface area contributed by atoms with E-state index in [1.165, 1.54) is 12.1 Å². The van der Waals surface area contributed by atoms with Gasteiger partial charge in [-0.2, -0.15) is 0 Å². The van der Waals surface area contributed by atoms with Crippen LogP contribution in [-0.4, -0.2) is 17.1 Å².